The molecule has 22 heavy (non-hydrogen) atoms. The number of carbonyl (C=O) groups excluding carboxylic acids is 3. The molecule has 1 aliphatic heterocycles. The van der Waals surface area contributed by atoms with Gasteiger partial charge in [0.2, 0.25) is 11.8 Å². The van der Waals surface area contributed by atoms with Crippen LogP contribution in [-0.4, -0.2) is 61.9 Å². The summed E-state index contributed by atoms with van der Waals surface area (Å²) >= 11 is 0. The summed E-state index contributed by atoms with van der Waals surface area (Å²) in [6, 6.07) is -0.559. The van der Waals surface area contributed by atoms with Crippen molar-refractivity contribution in [2.24, 2.45) is 11.7 Å². The molecule has 3 atom stereocenters. The monoisotopic (exact) mass is 313 g/mol. The van der Waals surface area contributed by atoms with Gasteiger partial charge in [0.25, 0.3) is 0 Å². The number of Topliss-reactive ketones (excluding diaryl/α,β-unsaturated/α-hetero) is 1. The fourth-order valence-electron chi connectivity index (χ4n) is 2.43. The van der Waals surface area contributed by atoms with Crippen LogP contribution in [0.15, 0.2) is 0 Å². The number of carbonyl (C=O) groups is 3. The Hall–Kier alpha value is -1.47. The average Bonchev–Trinajstić information content (AvgIpc) is 2.75. The molecule has 1 rings (SSSR count). The van der Waals surface area contributed by atoms with Crippen LogP contribution in [-0.2, 0) is 19.1 Å². The van der Waals surface area contributed by atoms with Crippen molar-refractivity contribution in [3.8, 4) is 0 Å². The van der Waals surface area contributed by atoms with E-state index in [2.05, 4.69) is 5.32 Å². The van der Waals surface area contributed by atoms with E-state index in [1.54, 1.807) is 0 Å². The zero-order valence-electron chi connectivity index (χ0n) is 13.6. The van der Waals surface area contributed by atoms with Gasteiger partial charge in [-0.3, -0.25) is 14.4 Å². The van der Waals surface area contributed by atoms with Gasteiger partial charge in [-0.25, -0.2) is 0 Å². The molecule has 7 nitrogen and oxygen atoms in total. The number of nitrogens with one attached hydrogen (secondary N) is 1. The molecule has 0 bridgehead atoms. The highest BCUT2D eigenvalue weighted by molar-refractivity contribution is 5.91. The number of nitrogens with two attached hydrogens (primary N) is 1. The SMILES string of the molecule is CC(CCC(N)=O)CC(=O)NC1C(=O)COC1CCN(C)C. The lowest BCUT2D eigenvalue weighted by atomic mass is 10.00. The Balaban J connectivity index is 2.43. The molecule has 0 radical (unpaired) electrons. The molecule has 3 N–H and O–H groups in total. The minimum absolute atomic E-state index is 0.0464. The van der Waals surface area contributed by atoms with Crippen LogP contribution in [0.2, 0.25) is 0 Å². The predicted molar refractivity (Wildman–Crippen MR) is 82.1 cm³/mol. The summed E-state index contributed by atoms with van der Waals surface area (Å²) in [5.41, 5.74) is 5.09. The summed E-state index contributed by atoms with van der Waals surface area (Å²) in [4.78, 5) is 36.6. The third-order valence-electron chi connectivity index (χ3n) is 3.75. The topological polar surface area (TPSA) is 102 Å². The van der Waals surface area contributed by atoms with E-state index in [-0.39, 0.29) is 49.1 Å². The second kappa shape index (κ2) is 8.85. The van der Waals surface area contributed by atoms with Gasteiger partial charge in [-0.1, -0.05) is 6.92 Å². The van der Waals surface area contributed by atoms with Crippen molar-refractivity contribution in [3.63, 3.8) is 0 Å². The molecule has 1 saturated heterocycles. The van der Waals surface area contributed by atoms with E-state index in [0.717, 1.165) is 6.54 Å². The Morgan fingerprint density at radius 2 is 2.14 bits per heavy atom. The quantitative estimate of drug-likeness (QED) is 0.607. The van der Waals surface area contributed by atoms with E-state index >= 15 is 0 Å². The van der Waals surface area contributed by atoms with Crippen molar-refractivity contribution in [2.75, 3.05) is 27.2 Å². The van der Waals surface area contributed by atoms with Crippen LogP contribution in [0, 0.1) is 5.92 Å². The van der Waals surface area contributed by atoms with E-state index in [4.69, 9.17) is 10.5 Å². The van der Waals surface area contributed by atoms with Crippen LogP contribution in [0.3, 0.4) is 0 Å². The summed E-state index contributed by atoms with van der Waals surface area (Å²) in [5.74, 6) is -0.585. The second-order valence-corrected chi connectivity index (χ2v) is 6.27. The fraction of sp³-hybridized carbons (Fsp3) is 0.800. The second-order valence-electron chi connectivity index (χ2n) is 6.27. The third-order valence-corrected chi connectivity index (χ3v) is 3.75. The van der Waals surface area contributed by atoms with E-state index in [1.807, 2.05) is 25.9 Å². The van der Waals surface area contributed by atoms with Crippen LogP contribution >= 0.6 is 0 Å². The molecule has 7 heteroatoms. The van der Waals surface area contributed by atoms with E-state index < -0.39 is 6.04 Å². The van der Waals surface area contributed by atoms with Gasteiger partial charge in [-0.05, 0) is 32.9 Å². The smallest absolute Gasteiger partial charge is 0.220 e. The number of amides is 2. The van der Waals surface area contributed by atoms with Gasteiger partial charge in [0.05, 0.1) is 6.10 Å². The van der Waals surface area contributed by atoms with E-state index in [1.165, 1.54) is 0 Å². The molecule has 3 unspecified atom stereocenters. The van der Waals surface area contributed by atoms with Crippen molar-refractivity contribution in [3.05, 3.63) is 0 Å². The highest BCUT2D eigenvalue weighted by atomic mass is 16.5. The van der Waals surface area contributed by atoms with Gasteiger partial charge in [0.15, 0.2) is 5.78 Å². The lowest BCUT2D eigenvalue weighted by Crippen LogP contribution is -2.45. The molecule has 0 aromatic rings. The minimum Gasteiger partial charge on any atom is -0.370 e. The van der Waals surface area contributed by atoms with Gasteiger partial charge in [-0.2, -0.15) is 0 Å². The number of ether oxygens (including phenoxy) is 1. The lowest BCUT2D eigenvalue weighted by Gasteiger charge is -2.21. The summed E-state index contributed by atoms with van der Waals surface area (Å²) in [6.07, 6.45) is 1.55. The predicted octanol–water partition coefficient (Wildman–Crippen LogP) is -0.317. The lowest BCUT2D eigenvalue weighted by molar-refractivity contribution is -0.127. The molecule has 1 heterocycles. The minimum atomic E-state index is -0.559. The maximum Gasteiger partial charge on any atom is 0.220 e. The van der Waals surface area contributed by atoms with Crippen molar-refractivity contribution < 1.29 is 19.1 Å². The Morgan fingerprint density at radius 3 is 2.73 bits per heavy atom. The highest BCUT2D eigenvalue weighted by Crippen LogP contribution is 2.16. The maximum absolute atomic E-state index is 12.0. The first kappa shape index (κ1) is 18.6. The van der Waals surface area contributed by atoms with Gasteiger partial charge >= 0.3 is 0 Å². The first-order valence-corrected chi connectivity index (χ1v) is 7.66. The molecular weight excluding hydrogens is 286 g/mol. The third kappa shape index (κ3) is 6.53. The first-order chi connectivity index (χ1) is 10.3. The Kier molecular flexibility index (Phi) is 7.47. The van der Waals surface area contributed by atoms with Gasteiger partial charge in [-0.15, -0.1) is 0 Å². The van der Waals surface area contributed by atoms with E-state index in [0.29, 0.717) is 12.8 Å². The Labute approximate surface area is 131 Å². The number of hydrogen-bond donors (Lipinski definition) is 2. The van der Waals surface area contributed by atoms with Crippen LogP contribution < -0.4 is 11.1 Å². The van der Waals surface area contributed by atoms with Crippen LogP contribution in [0.25, 0.3) is 0 Å². The molecule has 0 aliphatic carbocycles. The number of ketones is 1. The first-order valence-electron chi connectivity index (χ1n) is 7.66. The molecule has 1 fully saturated rings. The van der Waals surface area contributed by atoms with Gasteiger partial charge in [0.1, 0.15) is 12.6 Å². The number of hydrogen-bond acceptors (Lipinski definition) is 5. The summed E-state index contributed by atoms with van der Waals surface area (Å²) in [7, 11) is 3.90. The van der Waals surface area contributed by atoms with Crippen LogP contribution in [0.5, 0.6) is 0 Å². The van der Waals surface area contributed by atoms with Gasteiger partial charge in [0, 0.05) is 19.4 Å². The molecule has 0 aromatic carbocycles. The molecule has 0 aromatic heterocycles. The normalized spacial score (nSPS) is 22.8. The number of rotatable bonds is 9. The molecular formula is C15H27N3O4. The number of primary amides is 1. The summed E-state index contributed by atoms with van der Waals surface area (Å²) < 4.78 is 5.46. The highest BCUT2D eigenvalue weighted by Gasteiger charge is 2.36. The van der Waals surface area contributed by atoms with Crippen molar-refractivity contribution >= 4 is 17.6 Å². The Morgan fingerprint density at radius 1 is 1.45 bits per heavy atom. The molecule has 1 aliphatic rings. The maximum atomic E-state index is 12.0. The molecule has 0 spiro atoms. The molecule has 0 saturated carbocycles. The molecule has 126 valence electrons. The van der Waals surface area contributed by atoms with Gasteiger partial charge < -0.3 is 20.7 Å². The van der Waals surface area contributed by atoms with Crippen molar-refractivity contribution in [2.45, 2.75) is 44.8 Å². The van der Waals surface area contributed by atoms with Crippen LogP contribution in [0.1, 0.15) is 32.6 Å². The zero-order valence-corrected chi connectivity index (χ0v) is 13.6. The fourth-order valence-corrected chi connectivity index (χ4v) is 2.43. The molecule has 2 amide bonds. The average molecular weight is 313 g/mol. The number of nitrogens with zero attached hydrogens (tertiary/aromatic N) is 1. The van der Waals surface area contributed by atoms with Crippen molar-refractivity contribution in [1.82, 2.24) is 10.2 Å². The summed E-state index contributed by atoms with van der Waals surface area (Å²) in [5, 5.41) is 2.77. The van der Waals surface area contributed by atoms with E-state index in [9.17, 15) is 14.4 Å². The summed E-state index contributed by atoms with van der Waals surface area (Å²) in [6.45, 7) is 2.73. The standard InChI is InChI=1S/C15H27N3O4/c1-10(4-5-13(16)20)8-14(21)17-15-11(19)9-22-12(15)6-7-18(2)3/h10,12,15H,4-9H2,1-3H3,(H2,16,20)(H,17,21). The zero-order chi connectivity index (χ0) is 16.7. The largest absolute Gasteiger partial charge is 0.370 e. The van der Waals surface area contributed by atoms with Crippen molar-refractivity contribution in [1.29, 1.82) is 0 Å². The van der Waals surface area contributed by atoms with Crippen LogP contribution in [0.4, 0.5) is 0 Å². The Bertz CT molecular complexity index is 412.